The maximum Gasteiger partial charge on any atom is 0.223 e. The minimum absolute atomic E-state index is 0.0220. The highest BCUT2D eigenvalue weighted by Gasteiger charge is 2.26. The first kappa shape index (κ1) is 16.9. The third-order valence-electron chi connectivity index (χ3n) is 4.64. The number of amides is 1. The number of anilines is 1. The predicted octanol–water partition coefficient (Wildman–Crippen LogP) is 2.44. The molecule has 0 radical (unpaired) electrons. The van der Waals surface area contributed by atoms with Gasteiger partial charge in [0.1, 0.15) is 5.82 Å². The number of carbonyl (C=O) groups excluding carboxylic acids is 1. The van der Waals surface area contributed by atoms with Crippen LogP contribution in [0.1, 0.15) is 36.9 Å². The molecule has 1 N–H and O–H groups in total. The highest BCUT2D eigenvalue weighted by atomic mass is 16.1. The van der Waals surface area contributed by atoms with Crippen LogP contribution in [0.5, 0.6) is 0 Å². The van der Waals surface area contributed by atoms with Crippen molar-refractivity contribution in [3.05, 3.63) is 54.0 Å². The zero-order valence-corrected chi connectivity index (χ0v) is 14.2. The fourth-order valence-corrected chi connectivity index (χ4v) is 3.09. The van der Waals surface area contributed by atoms with Gasteiger partial charge in [0.15, 0.2) is 0 Å². The van der Waals surface area contributed by atoms with Crippen LogP contribution in [-0.4, -0.2) is 29.0 Å². The molecule has 6 nitrogen and oxygen atoms in total. The lowest BCUT2D eigenvalue weighted by Gasteiger charge is -2.32. The summed E-state index contributed by atoms with van der Waals surface area (Å²) in [5.41, 5.74) is 1.63. The molecule has 1 aromatic carbocycles. The Labute approximate surface area is 147 Å². The first-order valence-corrected chi connectivity index (χ1v) is 8.49. The van der Waals surface area contributed by atoms with E-state index in [2.05, 4.69) is 26.3 Å². The Hall–Kier alpha value is -2.94. The van der Waals surface area contributed by atoms with Gasteiger partial charge in [0, 0.05) is 31.4 Å². The van der Waals surface area contributed by atoms with Gasteiger partial charge in [0.2, 0.25) is 5.91 Å². The topological polar surface area (TPSA) is 81.9 Å². The van der Waals surface area contributed by atoms with Gasteiger partial charge in [-0.15, -0.1) is 0 Å². The summed E-state index contributed by atoms with van der Waals surface area (Å²) in [5, 5.41) is 11.9. The van der Waals surface area contributed by atoms with Crippen LogP contribution in [-0.2, 0) is 4.79 Å². The summed E-state index contributed by atoms with van der Waals surface area (Å²) in [6.07, 6.45) is 6.72. The van der Waals surface area contributed by atoms with Gasteiger partial charge in [-0.3, -0.25) is 9.78 Å². The molecule has 2 aromatic rings. The minimum atomic E-state index is -0.0711. The van der Waals surface area contributed by atoms with E-state index in [0.717, 1.165) is 37.3 Å². The van der Waals surface area contributed by atoms with Gasteiger partial charge in [-0.05, 0) is 37.5 Å². The van der Waals surface area contributed by atoms with Crippen LogP contribution in [0, 0.1) is 17.2 Å². The number of hydrogen-bond acceptors (Lipinski definition) is 5. The van der Waals surface area contributed by atoms with E-state index in [1.807, 2.05) is 19.1 Å². The van der Waals surface area contributed by atoms with E-state index >= 15 is 0 Å². The van der Waals surface area contributed by atoms with Crippen molar-refractivity contribution >= 4 is 11.7 Å². The number of hydrogen-bond donors (Lipinski definition) is 1. The zero-order valence-electron chi connectivity index (χ0n) is 14.2. The van der Waals surface area contributed by atoms with Crippen molar-refractivity contribution in [1.29, 1.82) is 5.26 Å². The summed E-state index contributed by atoms with van der Waals surface area (Å²) in [6.45, 7) is 3.58. The van der Waals surface area contributed by atoms with E-state index in [4.69, 9.17) is 5.26 Å². The average molecular weight is 335 g/mol. The van der Waals surface area contributed by atoms with Gasteiger partial charge in [-0.1, -0.05) is 12.1 Å². The molecule has 0 aliphatic carbocycles. The maximum atomic E-state index is 12.5. The van der Waals surface area contributed by atoms with Crippen molar-refractivity contribution in [3.63, 3.8) is 0 Å². The summed E-state index contributed by atoms with van der Waals surface area (Å²) < 4.78 is 0. The van der Waals surface area contributed by atoms with Gasteiger partial charge in [0.25, 0.3) is 0 Å². The van der Waals surface area contributed by atoms with Crippen molar-refractivity contribution < 1.29 is 4.79 Å². The number of rotatable bonds is 4. The van der Waals surface area contributed by atoms with Crippen LogP contribution in [0.25, 0.3) is 0 Å². The van der Waals surface area contributed by atoms with Gasteiger partial charge >= 0.3 is 0 Å². The molecule has 1 saturated heterocycles. The van der Waals surface area contributed by atoms with E-state index in [1.54, 1.807) is 30.7 Å². The second-order valence-electron chi connectivity index (χ2n) is 6.29. The molecule has 0 saturated carbocycles. The molecule has 128 valence electrons. The minimum Gasteiger partial charge on any atom is -0.355 e. The van der Waals surface area contributed by atoms with Crippen LogP contribution < -0.4 is 10.2 Å². The Bertz CT molecular complexity index is 746. The smallest absolute Gasteiger partial charge is 0.223 e. The molecular formula is C19H21N5O. The van der Waals surface area contributed by atoms with Crippen LogP contribution in [0.2, 0.25) is 0 Å². The third kappa shape index (κ3) is 4.13. The molecule has 1 fully saturated rings. The molecule has 25 heavy (non-hydrogen) atoms. The molecule has 1 unspecified atom stereocenters. The lowest BCUT2D eigenvalue weighted by Crippen LogP contribution is -2.41. The number of piperidine rings is 1. The summed E-state index contributed by atoms with van der Waals surface area (Å²) in [7, 11) is 0. The Balaban J connectivity index is 1.53. The van der Waals surface area contributed by atoms with Crippen LogP contribution in [0.3, 0.4) is 0 Å². The van der Waals surface area contributed by atoms with Crippen molar-refractivity contribution in [2.45, 2.75) is 25.8 Å². The summed E-state index contributed by atoms with van der Waals surface area (Å²) in [6, 6.07) is 9.36. The molecule has 1 atom stereocenters. The molecule has 6 heteroatoms. The molecular weight excluding hydrogens is 314 g/mol. The van der Waals surface area contributed by atoms with E-state index in [-0.39, 0.29) is 17.9 Å². The lowest BCUT2D eigenvalue weighted by atomic mass is 9.95. The SMILES string of the molecule is CC(NC(=O)C1CCN(c2cnccn2)CC1)c1ccc(C#N)cc1. The number of nitrogens with one attached hydrogen (secondary N) is 1. The van der Waals surface area contributed by atoms with Crippen LogP contribution in [0.4, 0.5) is 5.82 Å². The maximum absolute atomic E-state index is 12.5. The van der Waals surface area contributed by atoms with E-state index in [0.29, 0.717) is 5.56 Å². The van der Waals surface area contributed by atoms with Crippen LogP contribution >= 0.6 is 0 Å². The number of nitriles is 1. The second-order valence-corrected chi connectivity index (χ2v) is 6.29. The molecule has 2 heterocycles. The van der Waals surface area contributed by atoms with Gasteiger partial charge in [-0.2, -0.15) is 5.26 Å². The molecule has 3 rings (SSSR count). The monoisotopic (exact) mass is 335 g/mol. The van der Waals surface area contributed by atoms with Gasteiger partial charge < -0.3 is 10.2 Å². The Morgan fingerprint density at radius 3 is 2.60 bits per heavy atom. The molecule has 1 aliphatic heterocycles. The molecule has 0 spiro atoms. The fourth-order valence-electron chi connectivity index (χ4n) is 3.09. The average Bonchev–Trinajstić information content (AvgIpc) is 2.68. The molecule has 1 aliphatic rings. The highest BCUT2D eigenvalue weighted by Crippen LogP contribution is 2.22. The predicted molar refractivity (Wildman–Crippen MR) is 94.7 cm³/mol. The van der Waals surface area contributed by atoms with Crippen molar-refractivity contribution in [2.24, 2.45) is 5.92 Å². The van der Waals surface area contributed by atoms with Crippen molar-refractivity contribution in [3.8, 4) is 6.07 Å². The molecule has 1 amide bonds. The van der Waals surface area contributed by atoms with E-state index < -0.39 is 0 Å². The van der Waals surface area contributed by atoms with Crippen LogP contribution in [0.15, 0.2) is 42.9 Å². The molecule has 0 bridgehead atoms. The normalized spacial score (nSPS) is 16.1. The summed E-state index contributed by atoms with van der Waals surface area (Å²) >= 11 is 0. The van der Waals surface area contributed by atoms with Gasteiger partial charge in [-0.25, -0.2) is 4.98 Å². The highest BCUT2D eigenvalue weighted by molar-refractivity contribution is 5.79. The lowest BCUT2D eigenvalue weighted by molar-refractivity contribution is -0.126. The molecule has 1 aromatic heterocycles. The summed E-state index contributed by atoms with van der Waals surface area (Å²) in [4.78, 5) is 23.1. The number of benzene rings is 1. The fraction of sp³-hybridized carbons (Fsp3) is 0.368. The largest absolute Gasteiger partial charge is 0.355 e. The first-order chi connectivity index (χ1) is 12.2. The van der Waals surface area contributed by atoms with E-state index in [9.17, 15) is 4.79 Å². The summed E-state index contributed by atoms with van der Waals surface area (Å²) in [5.74, 6) is 0.983. The standard InChI is InChI=1S/C19H21N5O/c1-14(16-4-2-15(12-20)3-5-16)23-19(25)17-6-10-24(11-7-17)18-13-21-8-9-22-18/h2-5,8-9,13-14,17H,6-7,10-11H2,1H3,(H,23,25). The quantitative estimate of drug-likeness (QED) is 0.928. The Kier molecular flexibility index (Phi) is 5.24. The number of aromatic nitrogens is 2. The van der Waals surface area contributed by atoms with Crippen molar-refractivity contribution in [2.75, 3.05) is 18.0 Å². The first-order valence-electron chi connectivity index (χ1n) is 8.49. The Morgan fingerprint density at radius 1 is 1.28 bits per heavy atom. The Morgan fingerprint density at radius 2 is 2.00 bits per heavy atom. The number of carbonyl (C=O) groups is 1. The zero-order chi connectivity index (χ0) is 17.6. The number of nitrogens with zero attached hydrogens (tertiary/aromatic N) is 4. The van der Waals surface area contributed by atoms with Crippen molar-refractivity contribution in [1.82, 2.24) is 15.3 Å². The van der Waals surface area contributed by atoms with E-state index in [1.165, 1.54) is 0 Å². The second kappa shape index (κ2) is 7.75. The third-order valence-corrected chi connectivity index (χ3v) is 4.64. The van der Waals surface area contributed by atoms with Gasteiger partial charge in [0.05, 0.1) is 23.9 Å².